The van der Waals surface area contributed by atoms with Gasteiger partial charge in [-0.05, 0) is 31.7 Å². The fourth-order valence-corrected chi connectivity index (χ4v) is 3.22. The number of methoxy groups -OCH3 is 1. The smallest absolute Gasteiger partial charge is 0.414 e. The van der Waals surface area contributed by atoms with E-state index in [0.717, 1.165) is 22.0 Å². The first kappa shape index (κ1) is 16.6. The number of hydrogen-bond donors (Lipinski definition) is 1. The number of nitrogens with zero attached hydrogens (tertiary/aromatic N) is 1. The van der Waals surface area contributed by atoms with Gasteiger partial charge in [-0.15, -0.1) is 0 Å². The summed E-state index contributed by atoms with van der Waals surface area (Å²) in [6, 6.07) is 9.74. The van der Waals surface area contributed by atoms with Crippen molar-refractivity contribution < 1.29 is 19.4 Å². The number of fused-ring (bicyclic) bond motifs is 3. The van der Waals surface area contributed by atoms with E-state index in [1.165, 1.54) is 0 Å². The highest BCUT2D eigenvalue weighted by Crippen LogP contribution is 2.45. The minimum absolute atomic E-state index is 0.0252. The summed E-state index contributed by atoms with van der Waals surface area (Å²) >= 11 is 0. The average molecular weight is 329 g/mol. The van der Waals surface area contributed by atoms with E-state index >= 15 is 0 Å². The lowest BCUT2D eigenvalue weighted by molar-refractivity contribution is 0.0581. The molecule has 3 rings (SSSR count). The molecular weight excluding hydrogens is 306 g/mol. The van der Waals surface area contributed by atoms with Crippen molar-refractivity contribution in [2.75, 3.05) is 25.2 Å². The van der Waals surface area contributed by atoms with Crippen molar-refractivity contribution in [3.63, 3.8) is 0 Å². The first-order valence-electron chi connectivity index (χ1n) is 8.06. The third kappa shape index (κ3) is 2.80. The van der Waals surface area contributed by atoms with Crippen LogP contribution in [0.25, 0.3) is 10.8 Å². The molecule has 2 aromatic carbocycles. The van der Waals surface area contributed by atoms with Gasteiger partial charge in [-0.3, -0.25) is 4.90 Å². The maximum absolute atomic E-state index is 12.6. The van der Waals surface area contributed by atoms with E-state index in [1.54, 1.807) is 12.0 Å². The highest BCUT2D eigenvalue weighted by molar-refractivity contribution is 6.02. The second-order valence-corrected chi connectivity index (χ2v) is 7.03. The quantitative estimate of drug-likeness (QED) is 0.913. The Morgan fingerprint density at radius 1 is 1.29 bits per heavy atom. The summed E-state index contributed by atoms with van der Waals surface area (Å²) in [5, 5.41) is 11.8. The van der Waals surface area contributed by atoms with Crippen molar-refractivity contribution in [3.8, 4) is 5.75 Å². The molecule has 5 nitrogen and oxygen atoms in total. The zero-order valence-electron chi connectivity index (χ0n) is 14.5. The topological polar surface area (TPSA) is 59.0 Å². The lowest BCUT2D eigenvalue weighted by atomic mass is 9.95. The minimum atomic E-state index is -0.574. The van der Waals surface area contributed by atoms with Gasteiger partial charge in [0.15, 0.2) is 0 Å². The van der Waals surface area contributed by atoms with E-state index in [-0.39, 0.29) is 12.5 Å². The van der Waals surface area contributed by atoms with Gasteiger partial charge in [0.2, 0.25) is 0 Å². The van der Waals surface area contributed by atoms with E-state index < -0.39 is 11.7 Å². The van der Waals surface area contributed by atoms with E-state index in [0.29, 0.717) is 12.3 Å². The van der Waals surface area contributed by atoms with Crippen LogP contribution in [0.5, 0.6) is 5.75 Å². The van der Waals surface area contributed by atoms with Gasteiger partial charge in [0.05, 0.1) is 19.4 Å². The minimum Gasteiger partial charge on any atom is -0.496 e. The van der Waals surface area contributed by atoms with E-state index in [2.05, 4.69) is 0 Å². The molecule has 24 heavy (non-hydrogen) atoms. The first-order chi connectivity index (χ1) is 11.4. The van der Waals surface area contributed by atoms with Crippen molar-refractivity contribution in [1.82, 2.24) is 0 Å². The van der Waals surface area contributed by atoms with Crippen molar-refractivity contribution in [2.45, 2.75) is 32.3 Å². The maximum Gasteiger partial charge on any atom is 0.414 e. The Labute approximate surface area is 141 Å². The second kappa shape index (κ2) is 5.98. The summed E-state index contributed by atoms with van der Waals surface area (Å²) in [5.41, 5.74) is 1.15. The van der Waals surface area contributed by atoms with Gasteiger partial charge in [-0.2, -0.15) is 0 Å². The Kier molecular flexibility index (Phi) is 4.13. The standard InChI is InChI=1S/C19H23NO4/c1-19(2,3)24-18(22)20-10-12(11-21)17-14-8-6-5-7-13(14)16(23-4)9-15(17)20/h5-9,12,21H,10-11H2,1-4H3/t12-/m0/s1. The monoisotopic (exact) mass is 329 g/mol. The zero-order chi connectivity index (χ0) is 17.5. The fourth-order valence-electron chi connectivity index (χ4n) is 3.22. The molecule has 0 unspecified atom stereocenters. The molecule has 0 fully saturated rings. The molecule has 2 aromatic rings. The van der Waals surface area contributed by atoms with Crippen molar-refractivity contribution in [3.05, 3.63) is 35.9 Å². The number of aliphatic hydroxyl groups excluding tert-OH is 1. The number of rotatable bonds is 2. The molecule has 1 aliphatic rings. The number of amides is 1. The molecule has 0 spiro atoms. The Balaban J connectivity index is 2.15. The summed E-state index contributed by atoms with van der Waals surface area (Å²) in [5.74, 6) is 0.569. The first-order valence-corrected chi connectivity index (χ1v) is 8.06. The van der Waals surface area contributed by atoms with Gasteiger partial charge in [0.25, 0.3) is 0 Å². The predicted molar refractivity (Wildman–Crippen MR) is 93.9 cm³/mol. The Morgan fingerprint density at radius 3 is 2.54 bits per heavy atom. The Bertz CT molecular complexity index is 779. The van der Waals surface area contributed by atoms with E-state index in [1.807, 2.05) is 51.1 Å². The molecule has 0 radical (unpaired) electrons. The van der Waals surface area contributed by atoms with Crippen LogP contribution in [0.2, 0.25) is 0 Å². The van der Waals surface area contributed by atoms with E-state index in [4.69, 9.17) is 9.47 Å². The van der Waals surface area contributed by atoms with Crippen LogP contribution in [0.4, 0.5) is 10.5 Å². The lowest BCUT2D eigenvalue weighted by Gasteiger charge is -2.25. The molecule has 0 saturated heterocycles. The molecule has 128 valence electrons. The van der Waals surface area contributed by atoms with Crippen LogP contribution in [0.1, 0.15) is 32.3 Å². The van der Waals surface area contributed by atoms with Gasteiger partial charge in [-0.1, -0.05) is 24.3 Å². The van der Waals surface area contributed by atoms with Gasteiger partial charge in [0, 0.05) is 23.9 Å². The molecule has 1 atom stereocenters. The molecule has 0 bridgehead atoms. The number of carbonyl (C=O) groups excluding carboxylic acids is 1. The predicted octanol–water partition coefficient (Wildman–Crippen LogP) is 3.68. The van der Waals surface area contributed by atoms with Crippen LogP contribution >= 0.6 is 0 Å². The highest BCUT2D eigenvalue weighted by Gasteiger charge is 2.36. The second-order valence-electron chi connectivity index (χ2n) is 7.03. The van der Waals surface area contributed by atoms with Crippen molar-refractivity contribution >= 4 is 22.6 Å². The summed E-state index contributed by atoms with van der Waals surface area (Å²) < 4.78 is 11.0. The number of benzene rings is 2. The SMILES string of the molecule is COc1cc2c(c3ccccc13)[C@H](CO)CN2C(=O)OC(C)(C)C. The summed E-state index contributed by atoms with van der Waals surface area (Å²) in [6.45, 7) is 5.89. The van der Waals surface area contributed by atoms with Gasteiger partial charge in [-0.25, -0.2) is 4.79 Å². The third-order valence-corrected chi connectivity index (χ3v) is 4.18. The zero-order valence-corrected chi connectivity index (χ0v) is 14.5. The van der Waals surface area contributed by atoms with Crippen LogP contribution in [0.15, 0.2) is 30.3 Å². The summed E-state index contributed by atoms with van der Waals surface area (Å²) in [6.07, 6.45) is -0.406. The van der Waals surface area contributed by atoms with E-state index in [9.17, 15) is 9.90 Å². The van der Waals surface area contributed by atoms with Crippen LogP contribution < -0.4 is 9.64 Å². The number of hydrogen-bond acceptors (Lipinski definition) is 4. The molecular formula is C19H23NO4. The number of carbonyl (C=O) groups is 1. The molecule has 1 N–H and O–H groups in total. The summed E-state index contributed by atoms with van der Waals surface area (Å²) in [4.78, 5) is 14.2. The summed E-state index contributed by atoms with van der Waals surface area (Å²) in [7, 11) is 1.62. The lowest BCUT2D eigenvalue weighted by Crippen LogP contribution is -2.36. The van der Waals surface area contributed by atoms with Gasteiger partial charge < -0.3 is 14.6 Å². The Morgan fingerprint density at radius 2 is 1.96 bits per heavy atom. The van der Waals surface area contributed by atoms with Crippen LogP contribution in [-0.4, -0.2) is 37.1 Å². The van der Waals surface area contributed by atoms with Crippen LogP contribution in [0.3, 0.4) is 0 Å². The number of ether oxygens (including phenoxy) is 2. The Hall–Kier alpha value is -2.27. The van der Waals surface area contributed by atoms with Crippen LogP contribution in [0, 0.1) is 0 Å². The highest BCUT2D eigenvalue weighted by atomic mass is 16.6. The van der Waals surface area contributed by atoms with Crippen molar-refractivity contribution in [2.24, 2.45) is 0 Å². The molecule has 1 heterocycles. The maximum atomic E-state index is 12.6. The number of aliphatic hydroxyl groups is 1. The third-order valence-electron chi connectivity index (χ3n) is 4.18. The van der Waals surface area contributed by atoms with Gasteiger partial charge >= 0.3 is 6.09 Å². The molecule has 1 aliphatic heterocycles. The molecule has 0 aliphatic carbocycles. The van der Waals surface area contributed by atoms with Crippen molar-refractivity contribution in [1.29, 1.82) is 0 Å². The average Bonchev–Trinajstić information content (AvgIpc) is 2.91. The molecule has 1 amide bonds. The largest absolute Gasteiger partial charge is 0.496 e. The van der Waals surface area contributed by atoms with Gasteiger partial charge in [0.1, 0.15) is 11.4 Å². The number of anilines is 1. The molecule has 0 aromatic heterocycles. The van der Waals surface area contributed by atoms with Crippen LogP contribution in [-0.2, 0) is 4.74 Å². The molecule has 0 saturated carbocycles. The molecule has 5 heteroatoms. The normalized spacial score (nSPS) is 17.0. The fraction of sp³-hybridized carbons (Fsp3) is 0.421.